The van der Waals surface area contributed by atoms with Crippen molar-refractivity contribution in [3.8, 4) is 11.5 Å². The van der Waals surface area contributed by atoms with Gasteiger partial charge in [0, 0.05) is 17.1 Å². The molecule has 2 aromatic carbocycles. The van der Waals surface area contributed by atoms with E-state index in [0.717, 1.165) is 22.6 Å². The van der Waals surface area contributed by atoms with E-state index in [1.807, 2.05) is 49.5 Å². The van der Waals surface area contributed by atoms with E-state index in [1.54, 1.807) is 0 Å². The Morgan fingerprint density at radius 3 is 2.53 bits per heavy atom. The van der Waals surface area contributed by atoms with Crippen molar-refractivity contribution in [2.75, 3.05) is 7.05 Å². The number of hydrogen-bond acceptors (Lipinski definition) is 3. The molecular formula is C15H16ClNO2. The van der Waals surface area contributed by atoms with Gasteiger partial charge in [0.05, 0.1) is 6.61 Å². The van der Waals surface area contributed by atoms with Gasteiger partial charge in [-0.3, -0.25) is 0 Å². The minimum atomic E-state index is 0.0302. The van der Waals surface area contributed by atoms with Crippen molar-refractivity contribution in [2.24, 2.45) is 0 Å². The summed E-state index contributed by atoms with van der Waals surface area (Å²) in [6.45, 7) is 0.673. The van der Waals surface area contributed by atoms with Gasteiger partial charge in [0.2, 0.25) is 0 Å². The van der Waals surface area contributed by atoms with E-state index in [2.05, 4.69) is 5.32 Å². The molecule has 0 amide bonds. The first kappa shape index (κ1) is 13.9. The maximum atomic E-state index is 9.00. The SMILES string of the molecule is CNCc1c(Cl)cccc1Oc1ccc(CO)cc1. The Hall–Kier alpha value is -1.55. The predicted octanol–water partition coefficient (Wildman–Crippen LogP) is 3.34. The zero-order chi connectivity index (χ0) is 13.7. The fourth-order valence-corrected chi connectivity index (χ4v) is 2.01. The number of aliphatic hydroxyl groups excluding tert-OH is 1. The molecule has 100 valence electrons. The molecule has 0 aromatic heterocycles. The topological polar surface area (TPSA) is 41.5 Å². The molecule has 19 heavy (non-hydrogen) atoms. The van der Waals surface area contributed by atoms with Crippen LogP contribution in [0, 0.1) is 0 Å². The summed E-state index contributed by atoms with van der Waals surface area (Å²) in [5.74, 6) is 1.45. The van der Waals surface area contributed by atoms with Gasteiger partial charge in [-0.15, -0.1) is 0 Å². The molecule has 2 N–H and O–H groups in total. The van der Waals surface area contributed by atoms with Crippen LogP contribution < -0.4 is 10.1 Å². The molecule has 0 aliphatic rings. The van der Waals surface area contributed by atoms with E-state index >= 15 is 0 Å². The summed E-state index contributed by atoms with van der Waals surface area (Å²) in [6.07, 6.45) is 0. The average Bonchev–Trinajstić information content (AvgIpc) is 2.43. The summed E-state index contributed by atoms with van der Waals surface area (Å²) in [6, 6.07) is 12.9. The molecule has 2 aromatic rings. The monoisotopic (exact) mass is 277 g/mol. The second-order valence-corrected chi connectivity index (χ2v) is 4.56. The van der Waals surface area contributed by atoms with Crippen molar-refractivity contribution in [3.05, 3.63) is 58.6 Å². The number of halogens is 1. The van der Waals surface area contributed by atoms with Gasteiger partial charge < -0.3 is 15.2 Å². The van der Waals surface area contributed by atoms with Crippen LogP contribution in [-0.2, 0) is 13.2 Å². The third kappa shape index (κ3) is 3.47. The molecule has 0 saturated carbocycles. The van der Waals surface area contributed by atoms with Crippen LogP contribution in [0.4, 0.5) is 0 Å². The highest BCUT2D eigenvalue weighted by Crippen LogP contribution is 2.30. The van der Waals surface area contributed by atoms with Crippen molar-refractivity contribution in [3.63, 3.8) is 0 Å². The highest BCUT2D eigenvalue weighted by atomic mass is 35.5. The van der Waals surface area contributed by atoms with Gasteiger partial charge in [-0.05, 0) is 36.9 Å². The van der Waals surface area contributed by atoms with E-state index in [4.69, 9.17) is 21.4 Å². The van der Waals surface area contributed by atoms with Crippen LogP contribution in [0.1, 0.15) is 11.1 Å². The smallest absolute Gasteiger partial charge is 0.133 e. The number of ether oxygens (including phenoxy) is 1. The van der Waals surface area contributed by atoms with E-state index in [1.165, 1.54) is 0 Å². The third-order valence-electron chi connectivity index (χ3n) is 2.76. The minimum absolute atomic E-state index is 0.0302. The quantitative estimate of drug-likeness (QED) is 0.881. The molecule has 0 spiro atoms. The van der Waals surface area contributed by atoms with Crippen LogP contribution in [0.15, 0.2) is 42.5 Å². The van der Waals surface area contributed by atoms with Gasteiger partial charge in [-0.25, -0.2) is 0 Å². The lowest BCUT2D eigenvalue weighted by Crippen LogP contribution is -2.07. The minimum Gasteiger partial charge on any atom is -0.457 e. The van der Waals surface area contributed by atoms with E-state index in [9.17, 15) is 0 Å². The van der Waals surface area contributed by atoms with Crippen LogP contribution in [0.25, 0.3) is 0 Å². The predicted molar refractivity (Wildman–Crippen MR) is 76.7 cm³/mol. The van der Waals surface area contributed by atoms with E-state index < -0.39 is 0 Å². The zero-order valence-electron chi connectivity index (χ0n) is 10.7. The Kier molecular flexibility index (Phi) is 4.80. The Balaban J connectivity index is 2.24. The van der Waals surface area contributed by atoms with Crippen LogP contribution in [0.3, 0.4) is 0 Å². The summed E-state index contributed by atoms with van der Waals surface area (Å²) < 4.78 is 5.84. The molecule has 4 heteroatoms. The first-order valence-corrected chi connectivity index (χ1v) is 6.42. The molecule has 0 aliphatic carbocycles. The molecule has 0 radical (unpaired) electrons. The summed E-state index contributed by atoms with van der Waals surface area (Å²) in [4.78, 5) is 0. The van der Waals surface area contributed by atoms with Crippen LogP contribution in [0.5, 0.6) is 11.5 Å². The number of benzene rings is 2. The number of rotatable bonds is 5. The molecule has 0 heterocycles. The molecule has 0 fully saturated rings. The molecule has 0 atom stereocenters. The number of hydrogen-bond donors (Lipinski definition) is 2. The normalized spacial score (nSPS) is 10.5. The molecule has 3 nitrogen and oxygen atoms in total. The third-order valence-corrected chi connectivity index (χ3v) is 3.12. The van der Waals surface area contributed by atoms with Crippen LogP contribution in [-0.4, -0.2) is 12.2 Å². The largest absolute Gasteiger partial charge is 0.457 e. The van der Waals surface area contributed by atoms with Crippen LogP contribution in [0.2, 0.25) is 5.02 Å². The Bertz CT molecular complexity index is 540. The first-order valence-electron chi connectivity index (χ1n) is 6.04. The van der Waals surface area contributed by atoms with Crippen molar-refractivity contribution < 1.29 is 9.84 Å². The van der Waals surface area contributed by atoms with E-state index in [-0.39, 0.29) is 6.61 Å². The average molecular weight is 278 g/mol. The zero-order valence-corrected chi connectivity index (χ0v) is 11.4. The van der Waals surface area contributed by atoms with Crippen LogP contribution >= 0.6 is 11.6 Å². The van der Waals surface area contributed by atoms with Gasteiger partial charge in [-0.1, -0.05) is 29.8 Å². The van der Waals surface area contributed by atoms with Crippen molar-refractivity contribution in [1.29, 1.82) is 0 Å². The Morgan fingerprint density at radius 2 is 1.89 bits per heavy atom. The first-order chi connectivity index (χ1) is 9.24. The summed E-state index contributed by atoms with van der Waals surface area (Å²) in [5.41, 5.74) is 1.78. The van der Waals surface area contributed by atoms with Crippen molar-refractivity contribution in [1.82, 2.24) is 5.32 Å². The molecule has 2 rings (SSSR count). The number of nitrogens with one attached hydrogen (secondary N) is 1. The second kappa shape index (κ2) is 6.57. The second-order valence-electron chi connectivity index (χ2n) is 4.15. The summed E-state index contributed by atoms with van der Waals surface area (Å²) in [5, 5.41) is 12.8. The van der Waals surface area contributed by atoms with Crippen molar-refractivity contribution >= 4 is 11.6 Å². The highest BCUT2D eigenvalue weighted by Gasteiger charge is 2.08. The van der Waals surface area contributed by atoms with Gasteiger partial charge in [0.1, 0.15) is 11.5 Å². The Labute approximate surface area is 117 Å². The molecule has 0 unspecified atom stereocenters. The molecular weight excluding hydrogens is 262 g/mol. The Morgan fingerprint density at radius 1 is 1.16 bits per heavy atom. The molecule has 0 saturated heterocycles. The number of aliphatic hydroxyl groups is 1. The summed E-state index contributed by atoms with van der Waals surface area (Å²) >= 11 is 6.17. The molecule has 0 aliphatic heterocycles. The van der Waals surface area contributed by atoms with Gasteiger partial charge in [-0.2, -0.15) is 0 Å². The van der Waals surface area contributed by atoms with Gasteiger partial charge in [0.15, 0.2) is 0 Å². The fraction of sp³-hybridized carbons (Fsp3) is 0.200. The highest BCUT2D eigenvalue weighted by molar-refractivity contribution is 6.31. The lowest BCUT2D eigenvalue weighted by atomic mass is 10.2. The molecule has 0 bridgehead atoms. The van der Waals surface area contributed by atoms with Crippen molar-refractivity contribution in [2.45, 2.75) is 13.2 Å². The van der Waals surface area contributed by atoms with E-state index in [0.29, 0.717) is 11.6 Å². The lowest BCUT2D eigenvalue weighted by molar-refractivity contribution is 0.281. The lowest BCUT2D eigenvalue weighted by Gasteiger charge is -2.12. The fourth-order valence-electron chi connectivity index (χ4n) is 1.77. The van der Waals surface area contributed by atoms with Gasteiger partial charge >= 0.3 is 0 Å². The standard InChI is InChI=1S/C15H16ClNO2/c1-17-9-13-14(16)3-2-4-15(13)19-12-7-5-11(10-18)6-8-12/h2-8,17-18H,9-10H2,1H3. The maximum absolute atomic E-state index is 9.00. The van der Waals surface area contributed by atoms with Gasteiger partial charge in [0.25, 0.3) is 0 Å². The maximum Gasteiger partial charge on any atom is 0.133 e. The summed E-state index contributed by atoms with van der Waals surface area (Å²) in [7, 11) is 1.86.